The van der Waals surface area contributed by atoms with Crippen molar-refractivity contribution in [2.24, 2.45) is 7.05 Å². The van der Waals surface area contributed by atoms with E-state index in [1.54, 1.807) is 19.3 Å². The number of hydrogen-bond donors (Lipinski definition) is 3. The molecular weight excluding hydrogens is 440 g/mol. The molecule has 2 atom stereocenters. The zero-order chi connectivity index (χ0) is 24.9. The van der Waals surface area contributed by atoms with Crippen LogP contribution in [0.2, 0.25) is 0 Å². The lowest BCUT2D eigenvalue weighted by atomic mass is 9.88. The minimum atomic E-state index is -0.775. The summed E-state index contributed by atoms with van der Waals surface area (Å²) in [5.41, 5.74) is 6.02. The summed E-state index contributed by atoms with van der Waals surface area (Å²) in [5.74, 6) is -0.829. The van der Waals surface area contributed by atoms with Crippen molar-refractivity contribution >= 4 is 17.5 Å². The first kappa shape index (κ1) is 23.9. The van der Waals surface area contributed by atoms with Crippen LogP contribution < -0.4 is 10.6 Å². The molecule has 2 amide bonds. The minimum absolute atomic E-state index is 0.205. The Balaban J connectivity index is 1.59. The highest BCUT2D eigenvalue weighted by molar-refractivity contribution is 6.01. The molecule has 2 aromatic heterocycles. The molecule has 4 rings (SSSR count). The Morgan fingerprint density at radius 2 is 1.74 bits per heavy atom. The van der Waals surface area contributed by atoms with Gasteiger partial charge >= 0.3 is 0 Å². The highest BCUT2D eigenvalue weighted by atomic mass is 16.2. The molecule has 0 aliphatic carbocycles. The summed E-state index contributed by atoms with van der Waals surface area (Å²) in [4.78, 5) is 26.6. The van der Waals surface area contributed by atoms with Gasteiger partial charge in [-0.25, -0.2) is 0 Å². The topological polar surface area (TPSA) is 105 Å². The lowest BCUT2D eigenvalue weighted by Gasteiger charge is -2.27. The average Bonchev–Trinajstić information content (AvgIpc) is 3.44. The fourth-order valence-corrected chi connectivity index (χ4v) is 4.44. The molecule has 0 saturated carbocycles. The Bertz CT molecular complexity index is 1290. The van der Waals surface area contributed by atoms with E-state index >= 15 is 0 Å². The molecule has 3 N–H and O–H groups in total. The zero-order valence-corrected chi connectivity index (χ0v) is 20.4. The van der Waals surface area contributed by atoms with E-state index in [9.17, 15) is 9.59 Å². The van der Waals surface area contributed by atoms with Crippen LogP contribution in [0.5, 0.6) is 0 Å². The van der Waals surface area contributed by atoms with Gasteiger partial charge in [0.2, 0.25) is 5.91 Å². The first-order valence-electron chi connectivity index (χ1n) is 11.7. The number of aromatic nitrogens is 4. The van der Waals surface area contributed by atoms with Crippen molar-refractivity contribution in [2.45, 2.75) is 39.2 Å². The van der Waals surface area contributed by atoms with E-state index in [1.807, 2.05) is 75.4 Å². The minimum Gasteiger partial charge on any atom is -0.338 e. The fourth-order valence-electron chi connectivity index (χ4n) is 4.44. The molecule has 0 radical (unpaired) electrons. The van der Waals surface area contributed by atoms with Gasteiger partial charge in [0.05, 0.1) is 5.69 Å². The maximum absolute atomic E-state index is 13.5. The number of aromatic amines is 1. The van der Waals surface area contributed by atoms with Crippen LogP contribution in [0.3, 0.4) is 0 Å². The maximum Gasteiger partial charge on any atom is 0.270 e. The number of H-pyrrole nitrogens is 1. The van der Waals surface area contributed by atoms with Crippen LogP contribution in [0.1, 0.15) is 46.7 Å². The number of carbonyl (C=O) groups excluding carboxylic acids is 2. The van der Waals surface area contributed by atoms with Crippen LogP contribution in [0.4, 0.5) is 5.69 Å². The summed E-state index contributed by atoms with van der Waals surface area (Å²) in [6.45, 7) is 5.95. The van der Waals surface area contributed by atoms with Gasteiger partial charge in [-0.15, -0.1) is 0 Å². The van der Waals surface area contributed by atoms with Gasteiger partial charge in [0.1, 0.15) is 11.7 Å². The highest BCUT2D eigenvalue weighted by Gasteiger charge is 2.31. The smallest absolute Gasteiger partial charge is 0.270 e. The third-order valence-corrected chi connectivity index (χ3v) is 6.26. The summed E-state index contributed by atoms with van der Waals surface area (Å²) in [7, 11) is 1.70. The second-order valence-corrected chi connectivity index (χ2v) is 8.59. The zero-order valence-electron chi connectivity index (χ0n) is 20.4. The molecule has 8 nitrogen and oxygen atoms in total. The molecule has 35 heavy (non-hydrogen) atoms. The number of nitrogens with zero attached hydrogens (tertiary/aromatic N) is 3. The number of aryl methyl sites for hydroxylation is 3. The van der Waals surface area contributed by atoms with Gasteiger partial charge in [-0.05, 0) is 49.6 Å². The van der Waals surface area contributed by atoms with Gasteiger partial charge in [0, 0.05) is 36.1 Å². The number of benzene rings is 2. The van der Waals surface area contributed by atoms with Crippen molar-refractivity contribution in [3.8, 4) is 11.1 Å². The lowest BCUT2D eigenvalue weighted by molar-refractivity contribution is -0.118. The van der Waals surface area contributed by atoms with Crippen molar-refractivity contribution in [2.75, 3.05) is 5.32 Å². The molecule has 4 aromatic rings. The Morgan fingerprint density at radius 1 is 1.03 bits per heavy atom. The van der Waals surface area contributed by atoms with Gasteiger partial charge in [-0.2, -0.15) is 10.2 Å². The molecule has 2 aromatic carbocycles. The van der Waals surface area contributed by atoms with Crippen molar-refractivity contribution in [3.05, 3.63) is 89.5 Å². The molecule has 0 fully saturated rings. The van der Waals surface area contributed by atoms with E-state index in [-0.39, 0.29) is 17.7 Å². The molecule has 8 heteroatoms. The third kappa shape index (κ3) is 5.16. The van der Waals surface area contributed by atoms with E-state index in [4.69, 9.17) is 0 Å². The van der Waals surface area contributed by atoms with Gasteiger partial charge in [-0.1, -0.05) is 49.4 Å². The SMILES string of the molecule is CCC(c1ccccc1)C(NC(=O)c1ccnn1C)C(=O)Nc1ccc(-c2c(C)n[nH]c2C)cc1. The number of carbonyl (C=O) groups is 2. The summed E-state index contributed by atoms with van der Waals surface area (Å²) in [6.07, 6.45) is 2.23. The quantitative estimate of drug-likeness (QED) is 0.356. The monoisotopic (exact) mass is 470 g/mol. The maximum atomic E-state index is 13.5. The summed E-state index contributed by atoms with van der Waals surface area (Å²) >= 11 is 0. The number of anilines is 1. The summed E-state index contributed by atoms with van der Waals surface area (Å²) in [5, 5.41) is 17.3. The van der Waals surface area contributed by atoms with Crippen LogP contribution in [-0.2, 0) is 11.8 Å². The van der Waals surface area contributed by atoms with Crippen LogP contribution in [0.15, 0.2) is 66.9 Å². The van der Waals surface area contributed by atoms with Crippen molar-refractivity contribution < 1.29 is 9.59 Å². The molecule has 0 aliphatic heterocycles. The van der Waals surface area contributed by atoms with Crippen LogP contribution in [0, 0.1) is 13.8 Å². The van der Waals surface area contributed by atoms with Crippen molar-refractivity contribution in [1.82, 2.24) is 25.3 Å². The van der Waals surface area contributed by atoms with Gasteiger partial charge < -0.3 is 10.6 Å². The molecule has 2 heterocycles. The average molecular weight is 471 g/mol. The number of hydrogen-bond acceptors (Lipinski definition) is 4. The van der Waals surface area contributed by atoms with Gasteiger partial charge in [0.25, 0.3) is 5.91 Å². The predicted molar refractivity (Wildman–Crippen MR) is 136 cm³/mol. The van der Waals surface area contributed by atoms with Gasteiger partial charge in [0.15, 0.2) is 0 Å². The van der Waals surface area contributed by atoms with E-state index in [2.05, 4.69) is 25.9 Å². The van der Waals surface area contributed by atoms with Crippen LogP contribution in [0.25, 0.3) is 11.1 Å². The first-order chi connectivity index (χ1) is 16.9. The standard InChI is InChI=1S/C27H30N6O2/c1-5-22(19-9-7-6-8-10-19)25(30-26(34)23-15-16-28-33(23)4)27(35)29-21-13-11-20(12-14-21)24-17(2)31-32-18(24)3/h6-16,22,25H,5H2,1-4H3,(H,29,35)(H,30,34)(H,31,32). The second kappa shape index (κ2) is 10.4. The van der Waals surface area contributed by atoms with E-state index in [0.717, 1.165) is 28.1 Å². The first-order valence-corrected chi connectivity index (χ1v) is 11.7. The fraction of sp³-hybridized carbons (Fsp3) is 0.259. The van der Waals surface area contributed by atoms with E-state index in [1.165, 1.54) is 4.68 Å². The Hall–Kier alpha value is -4.20. The second-order valence-electron chi connectivity index (χ2n) is 8.59. The summed E-state index contributed by atoms with van der Waals surface area (Å²) < 4.78 is 1.49. The predicted octanol–water partition coefficient (Wildman–Crippen LogP) is 4.36. The molecular formula is C27H30N6O2. The Kier molecular flexibility index (Phi) is 7.10. The molecule has 0 aliphatic rings. The number of nitrogens with one attached hydrogen (secondary N) is 3. The molecule has 2 unspecified atom stereocenters. The molecule has 180 valence electrons. The van der Waals surface area contributed by atoms with Crippen LogP contribution >= 0.6 is 0 Å². The largest absolute Gasteiger partial charge is 0.338 e. The molecule has 0 saturated heterocycles. The highest BCUT2D eigenvalue weighted by Crippen LogP contribution is 2.28. The normalized spacial score (nSPS) is 12.7. The van der Waals surface area contributed by atoms with E-state index < -0.39 is 6.04 Å². The Morgan fingerprint density at radius 3 is 2.31 bits per heavy atom. The molecule has 0 spiro atoms. The van der Waals surface area contributed by atoms with Crippen LogP contribution in [-0.4, -0.2) is 37.8 Å². The van der Waals surface area contributed by atoms with Crippen molar-refractivity contribution in [3.63, 3.8) is 0 Å². The van der Waals surface area contributed by atoms with Crippen molar-refractivity contribution in [1.29, 1.82) is 0 Å². The van der Waals surface area contributed by atoms with Gasteiger partial charge in [-0.3, -0.25) is 19.4 Å². The molecule has 0 bridgehead atoms. The summed E-state index contributed by atoms with van der Waals surface area (Å²) in [6, 6.07) is 18.3. The lowest BCUT2D eigenvalue weighted by Crippen LogP contribution is -2.48. The Labute approximate surface area is 204 Å². The third-order valence-electron chi connectivity index (χ3n) is 6.26. The number of rotatable bonds is 8. The van der Waals surface area contributed by atoms with E-state index in [0.29, 0.717) is 17.8 Å². The number of amides is 2.